The van der Waals surface area contributed by atoms with Gasteiger partial charge in [0.2, 0.25) is 0 Å². The van der Waals surface area contributed by atoms with Crippen molar-refractivity contribution in [1.82, 2.24) is 0 Å². The normalized spacial score (nSPS) is 32.3. The van der Waals surface area contributed by atoms with Crippen LogP contribution in [0.3, 0.4) is 0 Å². The maximum absolute atomic E-state index is 12.2. The summed E-state index contributed by atoms with van der Waals surface area (Å²) in [6.45, 7) is 8.92. The molecule has 2 aliphatic rings. The van der Waals surface area contributed by atoms with E-state index in [2.05, 4.69) is 20.8 Å². The van der Waals surface area contributed by atoms with E-state index in [0.29, 0.717) is 24.2 Å². The van der Waals surface area contributed by atoms with Gasteiger partial charge in [-0.1, -0.05) is 27.7 Å². The third-order valence-electron chi connectivity index (χ3n) is 7.15. The number of esters is 2. The Balaban J connectivity index is 2.13. The SMILES string of the molecule is CCC(CCC1CC2CC2(C)C1(C)C)(C(=O)OC)C(=O)OC. The van der Waals surface area contributed by atoms with Crippen molar-refractivity contribution in [2.45, 2.75) is 59.8 Å². The van der Waals surface area contributed by atoms with Gasteiger partial charge in [0.25, 0.3) is 0 Å². The molecular weight excluding hydrogens is 280 g/mol. The van der Waals surface area contributed by atoms with Gasteiger partial charge in [-0.05, 0) is 54.8 Å². The first-order valence-electron chi connectivity index (χ1n) is 8.36. The van der Waals surface area contributed by atoms with Crippen LogP contribution in [0.25, 0.3) is 0 Å². The molecule has 0 radical (unpaired) electrons. The van der Waals surface area contributed by atoms with Crippen molar-refractivity contribution in [3.63, 3.8) is 0 Å². The molecule has 0 bridgehead atoms. The number of rotatable bonds is 6. The number of carbonyl (C=O) groups excluding carboxylic acids is 2. The predicted molar refractivity (Wildman–Crippen MR) is 84.1 cm³/mol. The van der Waals surface area contributed by atoms with Crippen LogP contribution in [-0.2, 0) is 19.1 Å². The topological polar surface area (TPSA) is 52.6 Å². The highest BCUT2D eigenvalue weighted by molar-refractivity contribution is 5.99. The van der Waals surface area contributed by atoms with E-state index in [4.69, 9.17) is 9.47 Å². The summed E-state index contributed by atoms with van der Waals surface area (Å²) >= 11 is 0. The Morgan fingerprint density at radius 3 is 2.05 bits per heavy atom. The molecule has 4 nitrogen and oxygen atoms in total. The third kappa shape index (κ3) is 2.26. The van der Waals surface area contributed by atoms with Gasteiger partial charge in [0.05, 0.1) is 14.2 Å². The molecule has 2 rings (SSSR count). The lowest BCUT2D eigenvalue weighted by molar-refractivity contribution is -0.170. The molecule has 2 saturated carbocycles. The van der Waals surface area contributed by atoms with Crippen LogP contribution in [0.1, 0.15) is 59.8 Å². The first kappa shape index (κ1) is 17.3. The minimum Gasteiger partial charge on any atom is -0.468 e. The van der Waals surface area contributed by atoms with Crippen LogP contribution in [0.5, 0.6) is 0 Å². The molecule has 3 unspecified atom stereocenters. The second-order valence-electron chi connectivity index (χ2n) is 7.93. The zero-order valence-electron chi connectivity index (χ0n) is 14.8. The van der Waals surface area contributed by atoms with E-state index in [1.165, 1.54) is 27.1 Å². The fourth-order valence-corrected chi connectivity index (χ4v) is 4.73. The molecule has 22 heavy (non-hydrogen) atoms. The third-order valence-corrected chi connectivity index (χ3v) is 7.15. The van der Waals surface area contributed by atoms with Crippen LogP contribution in [0.4, 0.5) is 0 Å². The molecule has 4 heteroatoms. The van der Waals surface area contributed by atoms with Crippen molar-refractivity contribution in [3.05, 3.63) is 0 Å². The largest absolute Gasteiger partial charge is 0.468 e. The summed E-state index contributed by atoms with van der Waals surface area (Å²) in [4.78, 5) is 24.5. The van der Waals surface area contributed by atoms with E-state index in [9.17, 15) is 9.59 Å². The van der Waals surface area contributed by atoms with Gasteiger partial charge < -0.3 is 9.47 Å². The number of methoxy groups -OCH3 is 2. The van der Waals surface area contributed by atoms with Crippen molar-refractivity contribution in [3.8, 4) is 0 Å². The summed E-state index contributed by atoms with van der Waals surface area (Å²) < 4.78 is 9.81. The van der Waals surface area contributed by atoms with Gasteiger partial charge >= 0.3 is 11.9 Å². The number of hydrogen-bond donors (Lipinski definition) is 0. The van der Waals surface area contributed by atoms with Crippen LogP contribution in [0.15, 0.2) is 0 Å². The Labute approximate surface area is 133 Å². The highest BCUT2D eigenvalue weighted by Crippen LogP contribution is 2.74. The molecule has 0 saturated heterocycles. The molecule has 3 atom stereocenters. The molecule has 0 N–H and O–H groups in total. The Bertz CT molecular complexity index is 452. The zero-order valence-corrected chi connectivity index (χ0v) is 14.8. The second kappa shape index (κ2) is 5.54. The first-order chi connectivity index (χ1) is 10.2. The number of ether oxygens (including phenoxy) is 2. The van der Waals surface area contributed by atoms with E-state index >= 15 is 0 Å². The number of carbonyl (C=O) groups is 2. The summed E-state index contributed by atoms with van der Waals surface area (Å²) in [5, 5.41) is 0. The first-order valence-corrected chi connectivity index (χ1v) is 8.36. The molecule has 0 aliphatic heterocycles. The molecular formula is C18H30O4. The predicted octanol–water partition coefficient (Wildman–Crippen LogP) is 3.58. The summed E-state index contributed by atoms with van der Waals surface area (Å²) in [5.74, 6) is 0.444. The molecule has 126 valence electrons. The quantitative estimate of drug-likeness (QED) is 0.556. The fraction of sp³-hybridized carbons (Fsp3) is 0.889. The molecule has 2 aliphatic carbocycles. The Hall–Kier alpha value is -1.06. The van der Waals surface area contributed by atoms with Crippen molar-refractivity contribution in [1.29, 1.82) is 0 Å². The molecule has 0 heterocycles. The Kier molecular flexibility index (Phi) is 4.35. The van der Waals surface area contributed by atoms with Gasteiger partial charge in [0.15, 0.2) is 5.41 Å². The van der Waals surface area contributed by atoms with E-state index in [-0.39, 0.29) is 5.41 Å². The molecule has 0 amide bonds. The van der Waals surface area contributed by atoms with Crippen LogP contribution in [-0.4, -0.2) is 26.2 Å². The van der Waals surface area contributed by atoms with Crippen LogP contribution in [0, 0.1) is 28.1 Å². The van der Waals surface area contributed by atoms with E-state index in [1.54, 1.807) is 0 Å². The highest BCUT2D eigenvalue weighted by atomic mass is 16.5. The number of fused-ring (bicyclic) bond motifs is 1. The maximum atomic E-state index is 12.2. The van der Waals surface area contributed by atoms with Crippen molar-refractivity contribution in [2.75, 3.05) is 14.2 Å². The van der Waals surface area contributed by atoms with Crippen LogP contribution >= 0.6 is 0 Å². The van der Waals surface area contributed by atoms with Gasteiger partial charge in [-0.3, -0.25) is 9.59 Å². The summed E-state index contributed by atoms with van der Waals surface area (Å²) in [6, 6.07) is 0. The van der Waals surface area contributed by atoms with Crippen LogP contribution < -0.4 is 0 Å². The zero-order chi connectivity index (χ0) is 16.8. The number of hydrogen-bond acceptors (Lipinski definition) is 4. The monoisotopic (exact) mass is 310 g/mol. The van der Waals surface area contributed by atoms with E-state index in [0.717, 1.165) is 12.3 Å². The smallest absolute Gasteiger partial charge is 0.323 e. The van der Waals surface area contributed by atoms with Crippen LogP contribution in [0.2, 0.25) is 0 Å². The van der Waals surface area contributed by atoms with Gasteiger partial charge in [0.1, 0.15) is 0 Å². The summed E-state index contributed by atoms with van der Waals surface area (Å²) in [6.07, 6.45) is 4.34. The van der Waals surface area contributed by atoms with Gasteiger partial charge in [-0.15, -0.1) is 0 Å². The summed E-state index contributed by atoms with van der Waals surface area (Å²) in [5.41, 5.74) is -0.431. The minimum atomic E-state index is -1.15. The lowest BCUT2D eigenvalue weighted by Crippen LogP contribution is -2.41. The Morgan fingerprint density at radius 2 is 1.68 bits per heavy atom. The van der Waals surface area contributed by atoms with Crippen molar-refractivity contribution >= 4 is 11.9 Å². The van der Waals surface area contributed by atoms with E-state index < -0.39 is 17.4 Å². The van der Waals surface area contributed by atoms with Crippen molar-refractivity contribution in [2.24, 2.45) is 28.1 Å². The maximum Gasteiger partial charge on any atom is 0.323 e. The van der Waals surface area contributed by atoms with Gasteiger partial charge in [0, 0.05) is 0 Å². The highest BCUT2D eigenvalue weighted by Gasteiger charge is 2.67. The Morgan fingerprint density at radius 1 is 1.14 bits per heavy atom. The molecule has 0 aromatic heterocycles. The molecule has 0 spiro atoms. The molecule has 0 aromatic carbocycles. The minimum absolute atomic E-state index is 0.267. The molecule has 2 fully saturated rings. The second-order valence-corrected chi connectivity index (χ2v) is 7.93. The lowest BCUT2D eigenvalue weighted by Gasteiger charge is -2.37. The standard InChI is InChI=1S/C18H30O4/c1-7-18(14(19)21-5,15(20)22-6)9-8-12-10-13-11-17(13,4)16(12,2)3/h12-13H,7-11H2,1-6H3. The van der Waals surface area contributed by atoms with Crippen molar-refractivity contribution < 1.29 is 19.1 Å². The van der Waals surface area contributed by atoms with Gasteiger partial charge in [-0.25, -0.2) is 0 Å². The summed E-state index contributed by atoms with van der Waals surface area (Å²) in [7, 11) is 2.68. The fourth-order valence-electron chi connectivity index (χ4n) is 4.73. The molecule has 0 aromatic rings. The average Bonchev–Trinajstić information content (AvgIpc) is 3.12. The average molecular weight is 310 g/mol. The lowest BCUT2D eigenvalue weighted by atomic mass is 9.67. The van der Waals surface area contributed by atoms with Gasteiger partial charge in [-0.2, -0.15) is 0 Å². The van der Waals surface area contributed by atoms with E-state index in [1.807, 2.05) is 6.92 Å².